The number of benzene rings is 10. The molecule has 58 heavy (non-hydrogen) atoms. The van der Waals surface area contributed by atoms with Gasteiger partial charge in [0.15, 0.2) is 0 Å². The number of hydrogen-bond acceptors (Lipinski definition) is 2. The number of nitrogens with zero attached hydrogens (tertiary/aromatic N) is 1. The molecule has 0 N–H and O–H groups in total. The van der Waals surface area contributed by atoms with Crippen LogP contribution in [0, 0.1) is 0 Å². The minimum absolute atomic E-state index is 0.157. The van der Waals surface area contributed by atoms with Gasteiger partial charge in [-0.25, -0.2) is 0 Å². The fraction of sp³-hybridized carbons (Fsp3) is 0. The van der Waals surface area contributed by atoms with Gasteiger partial charge in [-0.1, -0.05) is 176 Å². The van der Waals surface area contributed by atoms with Crippen molar-refractivity contribution in [1.29, 1.82) is 0 Å². The van der Waals surface area contributed by atoms with Gasteiger partial charge in [-0.05, 0) is 104 Å². The highest BCUT2D eigenvalue weighted by atomic mass is 16.3. The fourth-order valence-electron chi connectivity index (χ4n) is 7.72. The van der Waals surface area contributed by atoms with Crippen LogP contribution in [0.3, 0.4) is 0 Å². The minimum atomic E-state index is -0.781. The van der Waals surface area contributed by atoms with Gasteiger partial charge in [0.25, 0.3) is 0 Å². The summed E-state index contributed by atoms with van der Waals surface area (Å²) in [5.41, 5.74) is 3.33. The molecule has 0 unspecified atom stereocenters. The molecule has 0 atom stereocenters. The van der Waals surface area contributed by atoms with Crippen LogP contribution in [0.5, 0.6) is 0 Å². The summed E-state index contributed by atoms with van der Waals surface area (Å²) in [7, 11) is 0. The van der Waals surface area contributed by atoms with Crippen LogP contribution in [0.1, 0.15) is 17.8 Å². The van der Waals surface area contributed by atoms with Gasteiger partial charge in [0, 0.05) is 33.1 Å². The highest BCUT2D eigenvalue weighted by Gasteiger charge is 2.21. The highest BCUT2D eigenvalue weighted by Crippen LogP contribution is 2.46. The first-order chi connectivity index (χ1) is 34.2. The lowest BCUT2D eigenvalue weighted by Gasteiger charge is -2.28. The first-order valence-electron chi connectivity index (χ1n) is 25.3. The van der Waals surface area contributed by atoms with Gasteiger partial charge in [0.2, 0.25) is 0 Å². The van der Waals surface area contributed by atoms with Crippen molar-refractivity contribution in [3.05, 3.63) is 224 Å². The van der Waals surface area contributed by atoms with Crippen molar-refractivity contribution in [2.45, 2.75) is 0 Å². The molecule has 0 spiro atoms. The van der Waals surface area contributed by atoms with Crippen molar-refractivity contribution in [2.75, 3.05) is 4.90 Å². The summed E-state index contributed by atoms with van der Waals surface area (Å²) in [5.74, 6) is 0. The van der Waals surface area contributed by atoms with Crippen LogP contribution in [0.4, 0.5) is 17.1 Å². The first kappa shape index (κ1) is 22.8. The molecule has 0 saturated carbocycles. The number of rotatable bonds is 7. The van der Waals surface area contributed by atoms with E-state index in [-0.39, 0.29) is 5.69 Å². The molecule has 0 bridgehead atoms. The third-order valence-electron chi connectivity index (χ3n) is 10.5. The van der Waals surface area contributed by atoms with Gasteiger partial charge in [-0.15, -0.1) is 0 Å². The molecular weight excluding hydrogens is 703 g/mol. The summed E-state index contributed by atoms with van der Waals surface area (Å²) in [6.45, 7) is 0. The Balaban J connectivity index is 1.14. The largest absolute Gasteiger partial charge is 0.455 e. The predicted molar refractivity (Wildman–Crippen MR) is 245 cm³/mol. The van der Waals surface area contributed by atoms with Crippen LogP contribution in [0.25, 0.3) is 88.0 Å². The lowest BCUT2D eigenvalue weighted by atomic mass is 9.95. The lowest BCUT2D eigenvalue weighted by Crippen LogP contribution is -2.11. The maximum atomic E-state index is 9.75. The van der Waals surface area contributed by atoms with Crippen molar-refractivity contribution in [3.8, 4) is 44.5 Å². The van der Waals surface area contributed by atoms with Crippen LogP contribution in [-0.2, 0) is 0 Å². The molecule has 2 nitrogen and oxygen atoms in total. The van der Waals surface area contributed by atoms with E-state index in [0.717, 1.165) is 54.6 Å². The van der Waals surface area contributed by atoms with Gasteiger partial charge in [0.1, 0.15) is 11.2 Å². The Bertz CT molecular complexity index is 3970. The van der Waals surface area contributed by atoms with E-state index in [4.69, 9.17) is 16.8 Å². The van der Waals surface area contributed by atoms with Gasteiger partial charge < -0.3 is 9.32 Å². The molecule has 0 radical (unpaired) electrons. The molecule has 11 aromatic rings. The van der Waals surface area contributed by atoms with E-state index in [2.05, 4.69) is 12.1 Å². The van der Waals surface area contributed by atoms with Crippen LogP contribution in [0.2, 0.25) is 0 Å². The summed E-state index contributed by atoms with van der Waals surface area (Å²) in [4.78, 5) is 1.66. The fourth-order valence-corrected chi connectivity index (χ4v) is 7.72. The molecule has 272 valence electrons. The molecule has 0 amide bonds. The average molecular weight is 753 g/mol. The summed E-state index contributed by atoms with van der Waals surface area (Å²) in [6.07, 6.45) is 0. The quantitative estimate of drug-likeness (QED) is 0.161. The maximum Gasteiger partial charge on any atom is 0.143 e. The summed E-state index contributed by atoms with van der Waals surface area (Å²) in [6, 6.07) is 38.0. The molecule has 0 aliphatic carbocycles. The number of fused-ring (bicyclic) bond motifs is 6. The third kappa shape index (κ3) is 5.91. The molecule has 0 saturated heterocycles. The molecule has 10 aromatic carbocycles. The molecule has 1 heterocycles. The normalized spacial score (nSPS) is 14.6. The zero-order valence-electron chi connectivity index (χ0n) is 43.7. The Hall–Kier alpha value is -7.68. The third-order valence-corrected chi connectivity index (χ3v) is 10.5. The molecule has 0 aliphatic rings. The Morgan fingerprint density at radius 3 is 1.76 bits per heavy atom. The zero-order valence-corrected chi connectivity index (χ0v) is 30.7. The number of hydrogen-bond donors (Lipinski definition) is 0. The molecule has 0 fully saturated rings. The zero-order chi connectivity index (χ0) is 49.7. The van der Waals surface area contributed by atoms with Crippen LogP contribution < -0.4 is 4.90 Å². The first-order valence-corrected chi connectivity index (χ1v) is 18.8. The maximum absolute atomic E-state index is 9.75. The summed E-state index contributed by atoms with van der Waals surface area (Å²) < 4.78 is 123. The van der Waals surface area contributed by atoms with Gasteiger partial charge in [-0.2, -0.15) is 0 Å². The van der Waals surface area contributed by atoms with E-state index in [9.17, 15) is 5.48 Å². The van der Waals surface area contributed by atoms with Crippen molar-refractivity contribution >= 4 is 60.5 Å². The van der Waals surface area contributed by atoms with E-state index in [0.29, 0.717) is 22.5 Å². The van der Waals surface area contributed by atoms with E-state index < -0.39 is 101 Å². The SMILES string of the molecule is [2H]c1c([2H])c([2H])c(-c2c([2H])c([2H])c(-c3c([2H])c([2H])c(N(c4ccc(-c5ccc6ccccc6c5)cc4)c4ccccc4-c4cccc5oc6c7ccccc7ccc6c45)c([2H])c3[2H])c([2H])c2[2H])c([2H])c1[2H]. The number of anilines is 3. The van der Waals surface area contributed by atoms with Gasteiger partial charge in [-0.3, -0.25) is 0 Å². The van der Waals surface area contributed by atoms with E-state index in [1.807, 2.05) is 133 Å². The van der Waals surface area contributed by atoms with Crippen molar-refractivity contribution in [2.24, 2.45) is 0 Å². The smallest absolute Gasteiger partial charge is 0.143 e. The minimum Gasteiger partial charge on any atom is -0.455 e. The van der Waals surface area contributed by atoms with Crippen molar-refractivity contribution in [3.63, 3.8) is 0 Å². The Morgan fingerprint density at radius 2 is 0.983 bits per heavy atom. The van der Waals surface area contributed by atoms with Gasteiger partial charge in [0.05, 0.1) is 23.5 Å². The van der Waals surface area contributed by atoms with E-state index >= 15 is 0 Å². The molecule has 2 heteroatoms. The van der Waals surface area contributed by atoms with E-state index in [1.54, 1.807) is 4.90 Å². The predicted octanol–water partition coefficient (Wildman–Crippen LogP) is 16.0. The lowest BCUT2D eigenvalue weighted by molar-refractivity contribution is 0.673. The standard InChI is InChI=1S/C56H37NO/c1-2-11-38(12-3-1)40-21-23-41(24-22-40)42-27-32-47(33-28-42)57(48-34-29-43(30-35-48)46-26-25-39-13-4-5-15-45(39)37-46)53-19-9-8-17-50(53)51-18-10-20-54-55(51)52-36-31-44-14-6-7-16-49(44)56(52)58-54/h1-37H/i1D,2D,3D,11D,12D,21D,22D,23D,24D,27D,28D,32D,33D. The Morgan fingerprint density at radius 1 is 0.379 bits per heavy atom. The Labute approximate surface area is 355 Å². The number of furan rings is 1. The second kappa shape index (κ2) is 14.1. The molecule has 11 rings (SSSR count). The highest BCUT2D eigenvalue weighted by molar-refractivity contribution is 6.19. The monoisotopic (exact) mass is 752 g/mol. The topological polar surface area (TPSA) is 16.4 Å². The summed E-state index contributed by atoms with van der Waals surface area (Å²) >= 11 is 0. The van der Waals surface area contributed by atoms with Crippen molar-refractivity contribution < 1.29 is 22.2 Å². The second-order valence-electron chi connectivity index (χ2n) is 13.9. The molecule has 0 aliphatic heterocycles. The molecule has 1 aromatic heterocycles. The van der Waals surface area contributed by atoms with Crippen molar-refractivity contribution in [1.82, 2.24) is 0 Å². The van der Waals surface area contributed by atoms with E-state index in [1.165, 1.54) is 0 Å². The average Bonchev–Trinajstić information content (AvgIpc) is 3.79. The van der Waals surface area contributed by atoms with Crippen LogP contribution in [0.15, 0.2) is 229 Å². The van der Waals surface area contributed by atoms with Crippen LogP contribution >= 0.6 is 0 Å². The Kier molecular flexibility index (Phi) is 5.54. The van der Waals surface area contributed by atoms with Crippen LogP contribution in [-0.4, -0.2) is 0 Å². The number of para-hydroxylation sites is 1. The second-order valence-corrected chi connectivity index (χ2v) is 13.9. The summed E-state index contributed by atoms with van der Waals surface area (Å²) in [5, 5.41) is 5.83. The molecular formula is C56H37NO. The van der Waals surface area contributed by atoms with Gasteiger partial charge >= 0.3 is 0 Å².